The number of carboxylic acids is 1. The first-order valence-corrected chi connectivity index (χ1v) is 10.5. The van der Waals surface area contributed by atoms with Crippen LogP contribution < -0.4 is 0 Å². The molecule has 8 N–H and O–H groups in total. The molecular formula is C19H32O12. The van der Waals surface area contributed by atoms with Crippen LogP contribution in [0.2, 0.25) is 0 Å². The summed E-state index contributed by atoms with van der Waals surface area (Å²) in [6, 6.07) is 0. The lowest BCUT2D eigenvalue weighted by Gasteiger charge is -2.47. The molecule has 0 radical (unpaired) electrons. The second-order valence-corrected chi connectivity index (χ2v) is 8.72. The Morgan fingerprint density at radius 1 is 1.10 bits per heavy atom. The van der Waals surface area contributed by atoms with Gasteiger partial charge in [-0.05, 0) is 18.8 Å². The highest BCUT2D eigenvalue weighted by Crippen LogP contribution is 2.39. The van der Waals surface area contributed by atoms with Gasteiger partial charge >= 0.3 is 5.97 Å². The number of aliphatic carboxylic acids is 1. The van der Waals surface area contributed by atoms with Gasteiger partial charge < -0.3 is 55.1 Å². The molecule has 12 heteroatoms. The standard InChI is InChI=1S/C19H32O12/c20-6-11-12(22)13(23)14(24)18(30-11)31-15-10(21)7-29-19(28,16(15)25)4-3-9(17(26)27)5-8-1-2-8/h8-16,18,20-25,28H,1-7H2,(H,26,27). The normalized spacial score (nSPS) is 44.7. The summed E-state index contributed by atoms with van der Waals surface area (Å²) in [6.07, 6.45) is -10.6. The minimum absolute atomic E-state index is 0.0300. The summed E-state index contributed by atoms with van der Waals surface area (Å²) in [4.78, 5) is 11.5. The van der Waals surface area contributed by atoms with E-state index in [1.165, 1.54) is 0 Å². The van der Waals surface area contributed by atoms with Crippen molar-refractivity contribution in [2.24, 2.45) is 11.8 Å². The topological polar surface area (TPSA) is 207 Å². The molecule has 2 heterocycles. The molecule has 2 aliphatic heterocycles. The van der Waals surface area contributed by atoms with Gasteiger partial charge in [0.15, 0.2) is 12.1 Å². The summed E-state index contributed by atoms with van der Waals surface area (Å²) < 4.78 is 15.9. The summed E-state index contributed by atoms with van der Waals surface area (Å²) >= 11 is 0. The Hall–Kier alpha value is -0.930. The molecule has 0 aromatic carbocycles. The zero-order valence-electron chi connectivity index (χ0n) is 16.9. The van der Waals surface area contributed by atoms with Crippen LogP contribution in [0.3, 0.4) is 0 Å². The lowest BCUT2D eigenvalue weighted by atomic mass is 9.88. The van der Waals surface area contributed by atoms with Crippen molar-refractivity contribution in [1.29, 1.82) is 0 Å². The largest absolute Gasteiger partial charge is 0.481 e. The van der Waals surface area contributed by atoms with Gasteiger partial charge in [0.05, 0.1) is 19.1 Å². The van der Waals surface area contributed by atoms with Crippen molar-refractivity contribution in [2.75, 3.05) is 13.2 Å². The SMILES string of the molecule is O=C(O)C(CCC1(O)OCC(O)C(OC2OC(CO)C(O)C(O)C2O)C1O)CC1CC1. The van der Waals surface area contributed by atoms with Gasteiger partial charge in [0.1, 0.15) is 42.7 Å². The third kappa shape index (κ3) is 5.53. The van der Waals surface area contributed by atoms with Crippen LogP contribution >= 0.6 is 0 Å². The zero-order chi connectivity index (χ0) is 22.9. The van der Waals surface area contributed by atoms with E-state index in [0.29, 0.717) is 12.3 Å². The summed E-state index contributed by atoms with van der Waals surface area (Å²) in [7, 11) is 0. The third-order valence-electron chi connectivity index (χ3n) is 6.31. The minimum atomic E-state index is -2.21. The highest BCUT2D eigenvalue weighted by atomic mass is 16.7. The van der Waals surface area contributed by atoms with Crippen LogP contribution in [0.4, 0.5) is 0 Å². The Labute approximate surface area is 178 Å². The fourth-order valence-electron chi connectivity index (χ4n) is 4.08. The Bertz CT molecular complexity index is 613. The Morgan fingerprint density at radius 3 is 2.35 bits per heavy atom. The van der Waals surface area contributed by atoms with E-state index >= 15 is 0 Å². The monoisotopic (exact) mass is 452 g/mol. The molecule has 1 saturated carbocycles. The van der Waals surface area contributed by atoms with Gasteiger partial charge in [0, 0.05) is 6.42 Å². The second kappa shape index (κ2) is 9.91. The summed E-state index contributed by atoms with van der Waals surface area (Å²) in [5.41, 5.74) is 0. The molecule has 3 aliphatic rings. The maximum absolute atomic E-state index is 11.5. The molecule has 1 aliphatic carbocycles. The minimum Gasteiger partial charge on any atom is -0.481 e. The molecule has 0 aromatic rings. The number of aliphatic hydroxyl groups is 7. The quantitative estimate of drug-likeness (QED) is 0.175. The van der Waals surface area contributed by atoms with E-state index in [-0.39, 0.29) is 12.8 Å². The predicted molar refractivity (Wildman–Crippen MR) is 99.3 cm³/mol. The Balaban J connectivity index is 1.65. The van der Waals surface area contributed by atoms with Gasteiger partial charge in [0.2, 0.25) is 0 Å². The van der Waals surface area contributed by atoms with E-state index in [1.807, 2.05) is 0 Å². The first-order chi connectivity index (χ1) is 14.6. The molecule has 10 unspecified atom stereocenters. The van der Waals surface area contributed by atoms with E-state index < -0.39 is 79.9 Å². The average molecular weight is 452 g/mol. The Morgan fingerprint density at radius 2 is 1.77 bits per heavy atom. The maximum Gasteiger partial charge on any atom is 0.306 e. The van der Waals surface area contributed by atoms with Crippen LogP contribution in [0, 0.1) is 11.8 Å². The van der Waals surface area contributed by atoms with E-state index in [0.717, 1.165) is 12.8 Å². The molecule has 0 amide bonds. The fraction of sp³-hybridized carbons (Fsp3) is 0.947. The molecule has 3 fully saturated rings. The maximum atomic E-state index is 11.5. The van der Waals surface area contributed by atoms with Crippen molar-refractivity contribution in [1.82, 2.24) is 0 Å². The van der Waals surface area contributed by atoms with Crippen LogP contribution in [-0.2, 0) is 19.0 Å². The summed E-state index contributed by atoms with van der Waals surface area (Å²) in [5.74, 6) is -3.59. The van der Waals surface area contributed by atoms with E-state index in [1.54, 1.807) is 0 Å². The van der Waals surface area contributed by atoms with Gasteiger partial charge in [-0.1, -0.05) is 12.8 Å². The van der Waals surface area contributed by atoms with Gasteiger partial charge in [-0.3, -0.25) is 4.79 Å². The molecule has 0 aromatic heterocycles. The summed E-state index contributed by atoms with van der Waals surface area (Å²) in [6.45, 7) is -1.14. The molecule has 0 bridgehead atoms. The highest BCUT2D eigenvalue weighted by Gasteiger charge is 2.53. The molecule has 2 saturated heterocycles. The van der Waals surface area contributed by atoms with Crippen molar-refractivity contribution in [2.45, 2.75) is 86.9 Å². The van der Waals surface area contributed by atoms with Gasteiger partial charge in [-0.15, -0.1) is 0 Å². The number of aliphatic hydroxyl groups excluding tert-OH is 6. The number of hydrogen-bond donors (Lipinski definition) is 8. The van der Waals surface area contributed by atoms with Crippen molar-refractivity contribution in [3.8, 4) is 0 Å². The Kier molecular flexibility index (Phi) is 7.90. The van der Waals surface area contributed by atoms with E-state index in [9.17, 15) is 45.6 Å². The van der Waals surface area contributed by atoms with Gasteiger partial charge in [-0.2, -0.15) is 0 Å². The number of carboxylic acid groups (broad SMARTS) is 1. The molecule has 3 rings (SSSR count). The van der Waals surface area contributed by atoms with Crippen molar-refractivity contribution >= 4 is 5.97 Å². The van der Waals surface area contributed by atoms with Crippen LogP contribution in [0.15, 0.2) is 0 Å². The number of rotatable bonds is 9. The number of ether oxygens (including phenoxy) is 3. The number of hydrogen-bond acceptors (Lipinski definition) is 11. The fourth-order valence-corrected chi connectivity index (χ4v) is 4.08. The molecule has 10 atom stereocenters. The van der Waals surface area contributed by atoms with Crippen molar-refractivity contribution < 1.29 is 59.9 Å². The first-order valence-electron chi connectivity index (χ1n) is 10.5. The average Bonchev–Trinajstić information content (AvgIpc) is 3.55. The first kappa shape index (κ1) is 24.7. The lowest BCUT2D eigenvalue weighted by molar-refractivity contribution is -0.370. The second-order valence-electron chi connectivity index (χ2n) is 8.72. The smallest absolute Gasteiger partial charge is 0.306 e. The van der Waals surface area contributed by atoms with Crippen LogP contribution in [0.1, 0.15) is 32.1 Å². The lowest BCUT2D eigenvalue weighted by Crippen LogP contribution is -2.65. The summed E-state index contributed by atoms with van der Waals surface area (Å²) in [5, 5.41) is 80.2. The van der Waals surface area contributed by atoms with Crippen LogP contribution in [0.25, 0.3) is 0 Å². The highest BCUT2D eigenvalue weighted by molar-refractivity contribution is 5.69. The van der Waals surface area contributed by atoms with Crippen molar-refractivity contribution in [3.05, 3.63) is 0 Å². The molecule has 180 valence electrons. The van der Waals surface area contributed by atoms with Crippen molar-refractivity contribution in [3.63, 3.8) is 0 Å². The van der Waals surface area contributed by atoms with E-state index in [2.05, 4.69) is 0 Å². The molecule has 0 spiro atoms. The molecule has 12 nitrogen and oxygen atoms in total. The van der Waals surface area contributed by atoms with Gasteiger partial charge in [-0.25, -0.2) is 0 Å². The zero-order valence-corrected chi connectivity index (χ0v) is 16.9. The third-order valence-corrected chi connectivity index (χ3v) is 6.31. The van der Waals surface area contributed by atoms with E-state index in [4.69, 9.17) is 14.2 Å². The molecule has 31 heavy (non-hydrogen) atoms. The van der Waals surface area contributed by atoms with Crippen LogP contribution in [0.5, 0.6) is 0 Å². The van der Waals surface area contributed by atoms with Crippen LogP contribution in [-0.4, -0.2) is 115 Å². The van der Waals surface area contributed by atoms with Gasteiger partial charge in [0.25, 0.3) is 0 Å². The predicted octanol–water partition coefficient (Wildman–Crippen LogP) is -3.11. The molecular weight excluding hydrogens is 420 g/mol. The number of carbonyl (C=O) groups is 1.